The van der Waals surface area contributed by atoms with Crippen LogP contribution in [0.2, 0.25) is 5.15 Å². The van der Waals surface area contributed by atoms with Crippen LogP contribution in [0.4, 0.5) is 16.0 Å². The van der Waals surface area contributed by atoms with Gasteiger partial charge in [0.2, 0.25) is 16.0 Å². The number of fused-ring (bicyclic) bond motifs is 1. The molecule has 2 N–H and O–H groups in total. The summed E-state index contributed by atoms with van der Waals surface area (Å²) in [6, 6.07) is 4.70. The third-order valence-corrected chi connectivity index (χ3v) is 8.39. The van der Waals surface area contributed by atoms with Gasteiger partial charge in [-0.2, -0.15) is 0 Å². The van der Waals surface area contributed by atoms with Crippen LogP contribution in [-0.4, -0.2) is 61.4 Å². The van der Waals surface area contributed by atoms with Gasteiger partial charge >= 0.3 is 0 Å². The molecule has 0 unspecified atom stereocenters. The quantitative estimate of drug-likeness (QED) is 0.414. The molecule has 1 amide bonds. The van der Waals surface area contributed by atoms with E-state index in [4.69, 9.17) is 21.3 Å². The molecular formula is C26H30ClFN6O5S. The average molecular weight is 593 g/mol. The van der Waals surface area contributed by atoms with Crippen LogP contribution in [0.15, 0.2) is 29.1 Å². The summed E-state index contributed by atoms with van der Waals surface area (Å²) >= 11 is 5.97. The topological polar surface area (TPSA) is 136 Å². The molecule has 1 atom stereocenters. The number of benzene rings is 1. The van der Waals surface area contributed by atoms with Crippen LogP contribution in [0, 0.1) is 11.2 Å². The fraction of sp³-hybridized carbons (Fsp3) is 0.462. The van der Waals surface area contributed by atoms with Crippen molar-refractivity contribution < 1.29 is 22.3 Å². The molecule has 2 aromatic heterocycles. The predicted octanol–water partition coefficient (Wildman–Crippen LogP) is 2.99. The number of carbonyl (C=O) groups is 1. The number of anilines is 2. The lowest BCUT2D eigenvalue weighted by molar-refractivity contribution is 0.0254. The summed E-state index contributed by atoms with van der Waals surface area (Å²) < 4.78 is 47.0. The van der Waals surface area contributed by atoms with Crippen molar-refractivity contribution in [2.75, 3.05) is 42.8 Å². The Morgan fingerprint density at radius 3 is 2.62 bits per heavy atom. The van der Waals surface area contributed by atoms with Crippen LogP contribution in [-0.2, 0) is 21.8 Å². The molecule has 0 radical (unpaired) electrons. The molecule has 1 aromatic carbocycles. The van der Waals surface area contributed by atoms with Crippen molar-refractivity contribution in [1.82, 2.24) is 19.3 Å². The Morgan fingerprint density at radius 1 is 1.20 bits per heavy atom. The summed E-state index contributed by atoms with van der Waals surface area (Å²) in [5, 5.41) is 3.20. The summed E-state index contributed by atoms with van der Waals surface area (Å²) in [5.74, 6) is -1.09. The van der Waals surface area contributed by atoms with Gasteiger partial charge in [-0.3, -0.25) is 14.2 Å². The molecule has 2 aliphatic heterocycles. The van der Waals surface area contributed by atoms with Gasteiger partial charge in [0.15, 0.2) is 5.69 Å². The van der Waals surface area contributed by atoms with Crippen molar-refractivity contribution >= 4 is 50.1 Å². The number of ether oxygens (including phenoxy) is 1. The molecule has 2 saturated heterocycles. The number of hydrogen-bond acceptors (Lipinski definition) is 9. The number of amides is 1. The molecule has 14 heteroatoms. The van der Waals surface area contributed by atoms with E-state index in [0.717, 1.165) is 38.6 Å². The Balaban J connectivity index is 1.53. The fourth-order valence-corrected chi connectivity index (χ4v) is 6.12. The Labute approximate surface area is 235 Å². The number of aromatic nitrogens is 3. The van der Waals surface area contributed by atoms with E-state index in [2.05, 4.69) is 15.2 Å². The first-order valence-corrected chi connectivity index (χ1v) is 15.1. The molecule has 0 aliphatic carbocycles. The van der Waals surface area contributed by atoms with Gasteiger partial charge in [0.25, 0.3) is 11.5 Å². The van der Waals surface area contributed by atoms with E-state index in [1.807, 2.05) is 4.72 Å². The van der Waals surface area contributed by atoms with Gasteiger partial charge < -0.3 is 15.0 Å². The van der Waals surface area contributed by atoms with Crippen LogP contribution in [0.3, 0.4) is 0 Å². The molecule has 0 bridgehead atoms. The zero-order valence-corrected chi connectivity index (χ0v) is 23.9. The summed E-state index contributed by atoms with van der Waals surface area (Å²) in [5.41, 5.74) is 0.377. The highest BCUT2D eigenvalue weighted by Crippen LogP contribution is 2.41. The minimum atomic E-state index is -3.87. The third-order valence-electron chi connectivity index (χ3n) is 7.62. The van der Waals surface area contributed by atoms with E-state index in [1.165, 1.54) is 28.8 Å². The molecule has 4 heterocycles. The number of nitrogens with zero attached hydrogens (tertiary/aromatic N) is 4. The maximum atomic E-state index is 14.8. The van der Waals surface area contributed by atoms with Crippen molar-refractivity contribution in [1.29, 1.82) is 0 Å². The summed E-state index contributed by atoms with van der Waals surface area (Å²) in [6.45, 7) is 4.64. The van der Waals surface area contributed by atoms with Crippen LogP contribution in [0.5, 0.6) is 0 Å². The maximum absolute atomic E-state index is 14.8. The highest BCUT2D eigenvalue weighted by molar-refractivity contribution is 7.89. The van der Waals surface area contributed by atoms with E-state index < -0.39 is 27.8 Å². The van der Waals surface area contributed by atoms with Gasteiger partial charge in [0.1, 0.15) is 11.0 Å². The number of halogens is 2. The van der Waals surface area contributed by atoms with Crippen LogP contribution >= 0.6 is 11.6 Å². The normalized spacial score (nSPS) is 17.8. The van der Waals surface area contributed by atoms with Gasteiger partial charge in [-0.05, 0) is 55.9 Å². The molecule has 11 nitrogen and oxygen atoms in total. The first kappa shape index (κ1) is 28.2. The van der Waals surface area contributed by atoms with E-state index in [-0.39, 0.29) is 32.9 Å². The molecule has 214 valence electrons. The first-order valence-electron chi connectivity index (χ1n) is 12.8. The maximum Gasteiger partial charge on any atom is 0.285 e. The number of pyridine rings is 1. The minimum absolute atomic E-state index is 0.0178. The number of rotatable bonds is 6. The lowest BCUT2D eigenvalue weighted by atomic mass is 9.80. The molecule has 2 aliphatic rings. The largest absolute Gasteiger partial charge is 0.381 e. The number of sulfonamides is 1. The lowest BCUT2D eigenvalue weighted by Gasteiger charge is -2.33. The minimum Gasteiger partial charge on any atom is -0.381 e. The zero-order chi connectivity index (χ0) is 28.8. The van der Waals surface area contributed by atoms with Gasteiger partial charge in [-0.1, -0.05) is 11.6 Å². The van der Waals surface area contributed by atoms with E-state index in [0.29, 0.717) is 30.2 Å². The third kappa shape index (κ3) is 5.63. The van der Waals surface area contributed by atoms with Gasteiger partial charge in [-0.25, -0.2) is 27.5 Å². The number of hydrogen-bond donors (Lipinski definition) is 2. The van der Waals surface area contributed by atoms with Crippen LogP contribution in [0.1, 0.15) is 48.3 Å². The number of carbonyl (C=O) groups excluding carboxylic acids is 1. The Kier molecular flexibility index (Phi) is 7.48. The van der Waals surface area contributed by atoms with Crippen molar-refractivity contribution in [3.63, 3.8) is 0 Å². The number of nitrogens with one attached hydrogen (secondary N) is 2. The fourth-order valence-electron chi connectivity index (χ4n) is 5.54. The summed E-state index contributed by atoms with van der Waals surface area (Å²) in [4.78, 5) is 37.0. The molecule has 40 heavy (non-hydrogen) atoms. The molecule has 3 aromatic rings. The SMILES string of the molecule is C[C@@H](Nc1ccc(Cl)nc1C(=O)NS(C)(=O)=O)c1cc(F)cc2c(=O)n(C)c(N3CCC4(CCOCC4)C3)nc12. The zero-order valence-electron chi connectivity index (χ0n) is 22.3. The van der Waals surface area contributed by atoms with E-state index in [1.54, 1.807) is 14.0 Å². The van der Waals surface area contributed by atoms with E-state index >= 15 is 0 Å². The van der Waals surface area contributed by atoms with Crippen molar-refractivity contribution in [2.24, 2.45) is 12.5 Å². The molecule has 2 fully saturated rings. The molecule has 1 spiro atoms. The summed E-state index contributed by atoms with van der Waals surface area (Å²) in [6.07, 6.45) is 3.72. The van der Waals surface area contributed by atoms with Crippen molar-refractivity contribution in [2.45, 2.75) is 32.2 Å². The lowest BCUT2D eigenvalue weighted by Crippen LogP contribution is -2.35. The molecular weight excluding hydrogens is 563 g/mol. The Hall–Kier alpha value is -3.29. The van der Waals surface area contributed by atoms with Crippen LogP contribution in [0.25, 0.3) is 10.9 Å². The Morgan fingerprint density at radius 2 is 1.93 bits per heavy atom. The summed E-state index contributed by atoms with van der Waals surface area (Å²) in [7, 11) is -2.23. The smallest absolute Gasteiger partial charge is 0.285 e. The van der Waals surface area contributed by atoms with Gasteiger partial charge in [-0.15, -0.1) is 0 Å². The monoisotopic (exact) mass is 592 g/mol. The first-order chi connectivity index (χ1) is 18.9. The van der Waals surface area contributed by atoms with Crippen molar-refractivity contribution in [3.05, 3.63) is 56.8 Å². The molecule has 5 rings (SSSR count). The second-order valence-corrected chi connectivity index (χ2v) is 12.7. The van der Waals surface area contributed by atoms with Crippen LogP contribution < -0.4 is 20.5 Å². The Bertz CT molecular complexity index is 1660. The van der Waals surface area contributed by atoms with Crippen molar-refractivity contribution in [3.8, 4) is 0 Å². The highest BCUT2D eigenvalue weighted by Gasteiger charge is 2.40. The average Bonchev–Trinajstić information content (AvgIpc) is 3.29. The standard InChI is InChI=1S/C26H30ClFN6O5S/c1-15(29-19-4-5-20(27)30-22(19)23(35)32-40(3,37)38)17-12-16(28)13-18-21(17)31-25(33(2)24(18)36)34-9-6-26(14-34)7-10-39-11-8-26/h4-5,12-13,15,29H,6-11,14H2,1-3H3,(H,32,35)/t15-/m1/s1. The van der Waals surface area contributed by atoms with Gasteiger partial charge in [0.05, 0.1) is 28.9 Å². The molecule has 0 saturated carbocycles. The second-order valence-electron chi connectivity index (χ2n) is 10.6. The predicted molar refractivity (Wildman–Crippen MR) is 150 cm³/mol. The van der Waals surface area contributed by atoms with E-state index in [9.17, 15) is 22.4 Å². The van der Waals surface area contributed by atoms with Gasteiger partial charge in [0, 0.05) is 38.9 Å². The highest BCUT2D eigenvalue weighted by atomic mass is 35.5. The second kappa shape index (κ2) is 10.6.